The van der Waals surface area contributed by atoms with Gasteiger partial charge in [0.1, 0.15) is 0 Å². The molecule has 0 saturated heterocycles. The smallest absolute Gasteiger partial charge is 0.0982 e. The minimum Gasteiger partial charge on any atom is -0.366 e. The van der Waals surface area contributed by atoms with E-state index in [4.69, 9.17) is 22.1 Å². The Bertz CT molecular complexity index is 361. The summed E-state index contributed by atoms with van der Waals surface area (Å²) in [5.41, 5.74) is 7.11. The van der Waals surface area contributed by atoms with Gasteiger partial charge >= 0.3 is 0 Å². The molecule has 1 aromatic carbocycles. The Morgan fingerprint density at radius 1 is 1.22 bits per heavy atom. The lowest BCUT2D eigenvalue weighted by atomic mass is 9.98. The summed E-state index contributed by atoms with van der Waals surface area (Å²) in [5.74, 6) is 0. The van der Waals surface area contributed by atoms with Crippen LogP contribution in [0.1, 0.15) is 52.2 Å². The summed E-state index contributed by atoms with van der Waals surface area (Å²) in [5, 5.41) is 0.734. The zero-order chi connectivity index (χ0) is 13.8. The average Bonchev–Trinajstić information content (AvgIpc) is 2.36. The van der Waals surface area contributed by atoms with Crippen LogP contribution in [0.2, 0.25) is 5.02 Å². The Hall–Kier alpha value is -0.570. The minimum absolute atomic E-state index is 0.00278. The molecule has 0 aliphatic carbocycles. The maximum Gasteiger partial charge on any atom is 0.0982 e. The highest BCUT2D eigenvalue weighted by atomic mass is 35.5. The van der Waals surface area contributed by atoms with E-state index in [0.29, 0.717) is 0 Å². The van der Waals surface area contributed by atoms with E-state index in [1.807, 2.05) is 24.3 Å². The van der Waals surface area contributed by atoms with E-state index >= 15 is 0 Å². The van der Waals surface area contributed by atoms with E-state index < -0.39 is 0 Å². The highest BCUT2D eigenvalue weighted by Gasteiger charge is 2.26. The molecule has 0 bridgehead atoms. The van der Waals surface area contributed by atoms with Gasteiger partial charge in [-0.1, -0.05) is 37.6 Å². The molecule has 2 N–H and O–H groups in total. The molecule has 0 amide bonds. The third-order valence-electron chi connectivity index (χ3n) is 3.36. The molecule has 1 aromatic rings. The van der Waals surface area contributed by atoms with Crippen LogP contribution in [0.4, 0.5) is 0 Å². The van der Waals surface area contributed by atoms with Gasteiger partial charge in [0.05, 0.1) is 11.7 Å². The van der Waals surface area contributed by atoms with E-state index in [1.165, 1.54) is 0 Å². The lowest BCUT2D eigenvalue weighted by Crippen LogP contribution is -2.36. The molecule has 0 spiro atoms. The van der Waals surface area contributed by atoms with Gasteiger partial charge in [0.25, 0.3) is 0 Å². The molecule has 0 aliphatic heterocycles. The predicted molar refractivity (Wildman–Crippen MR) is 77.9 cm³/mol. The van der Waals surface area contributed by atoms with Crippen molar-refractivity contribution in [1.29, 1.82) is 0 Å². The molecule has 18 heavy (non-hydrogen) atoms. The Kier molecular flexibility index (Phi) is 5.64. The van der Waals surface area contributed by atoms with Crippen molar-refractivity contribution in [3.8, 4) is 0 Å². The van der Waals surface area contributed by atoms with Crippen LogP contribution >= 0.6 is 11.6 Å². The predicted octanol–water partition coefficient (Wildman–Crippen LogP) is 4.32. The fourth-order valence-corrected chi connectivity index (χ4v) is 1.82. The van der Waals surface area contributed by atoms with Crippen LogP contribution in [0.5, 0.6) is 0 Å². The van der Waals surface area contributed by atoms with Gasteiger partial charge in [-0.2, -0.15) is 0 Å². The van der Waals surface area contributed by atoms with Crippen molar-refractivity contribution in [3.05, 3.63) is 34.9 Å². The molecular weight excluding hydrogens is 246 g/mol. The molecule has 102 valence electrons. The zero-order valence-corrected chi connectivity index (χ0v) is 12.5. The summed E-state index contributed by atoms with van der Waals surface area (Å²) >= 11 is 5.92. The van der Waals surface area contributed by atoms with Crippen LogP contribution in [0, 0.1) is 0 Å². The van der Waals surface area contributed by atoms with Gasteiger partial charge in [-0.25, -0.2) is 0 Å². The highest BCUT2D eigenvalue weighted by Crippen LogP contribution is 2.30. The summed E-state index contributed by atoms with van der Waals surface area (Å²) in [6.07, 6.45) is 1.75. The van der Waals surface area contributed by atoms with Crippen LogP contribution in [-0.4, -0.2) is 11.6 Å². The average molecular weight is 270 g/mol. The van der Waals surface area contributed by atoms with Crippen molar-refractivity contribution in [2.75, 3.05) is 0 Å². The lowest BCUT2D eigenvalue weighted by Gasteiger charge is -2.33. The van der Waals surface area contributed by atoms with Gasteiger partial charge in [0.15, 0.2) is 0 Å². The second-order valence-corrected chi connectivity index (χ2v) is 5.71. The van der Waals surface area contributed by atoms with Gasteiger partial charge in [0, 0.05) is 11.1 Å². The summed E-state index contributed by atoms with van der Waals surface area (Å²) in [6.45, 7) is 8.39. The summed E-state index contributed by atoms with van der Waals surface area (Å²) in [7, 11) is 0. The molecule has 0 saturated carbocycles. The molecular formula is C15H24ClNO. The first-order chi connectivity index (χ1) is 8.39. The van der Waals surface area contributed by atoms with E-state index in [-0.39, 0.29) is 17.7 Å². The van der Waals surface area contributed by atoms with Crippen LogP contribution in [0.15, 0.2) is 24.3 Å². The number of benzene rings is 1. The van der Waals surface area contributed by atoms with Crippen molar-refractivity contribution in [2.45, 2.75) is 58.3 Å². The Morgan fingerprint density at radius 3 is 2.22 bits per heavy atom. The van der Waals surface area contributed by atoms with Crippen LogP contribution in [0.3, 0.4) is 0 Å². The van der Waals surface area contributed by atoms with Gasteiger partial charge in [0.2, 0.25) is 0 Å². The molecule has 0 heterocycles. The van der Waals surface area contributed by atoms with Crippen molar-refractivity contribution in [3.63, 3.8) is 0 Å². The van der Waals surface area contributed by atoms with Crippen LogP contribution in [0.25, 0.3) is 0 Å². The molecule has 0 fully saturated rings. The number of ether oxygens (including phenoxy) is 1. The van der Waals surface area contributed by atoms with Crippen LogP contribution in [-0.2, 0) is 4.74 Å². The molecule has 3 heteroatoms. The number of rotatable bonds is 6. The molecule has 2 atom stereocenters. The van der Waals surface area contributed by atoms with E-state index in [2.05, 4.69) is 27.7 Å². The SMILES string of the molecule is CCC(N)C(OC(C)(C)CC)c1ccc(Cl)cc1. The van der Waals surface area contributed by atoms with Gasteiger partial charge in [-0.15, -0.1) is 0 Å². The normalized spacial score (nSPS) is 15.4. The summed E-state index contributed by atoms with van der Waals surface area (Å²) in [6, 6.07) is 7.75. The van der Waals surface area contributed by atoms with E-state index in [9.17, 15) is 0 Å². The van der Waals surface area contributed by atoms with Crippen molar-refractivity contribution < 1.29 is 4.74 Å². The largest absolute Gasteiger partial charge is 0.366 e. The van der Waals surface area contributed by atoms with Crippen molar-refractivity contribution >= 4 is 11.6 Å². The monoisotopic (exact) mass is 269 g/mol. The Morgan fingerprint density at radius 2 is 1.78 bits per heavy atom. The minimum atomic E-state index is -0.170. The van der Waals surface area contributed by atoms with Gasteiger partial charge < -0.3 is 10.5 Å². The number of hydrogen-bond acceptors (Lipinski definition) is 2. The summed E-state index contributed by atoms with van der Waals surface area (Å²) in [4.78, 5) is 0. The first kappa shape index (κ1) is 15.5. The van der Waals surface area contributed by atoms with Gasteiger partial charge in [-0.05, 0) is 44.4 Å². The zero-order valence-electron chi connectivity index (χ0n) is 11.7. The second kappa shape index (κ2) is 6.55. The number of nitrogens with two attached hydrogens (primary N) is 1. The lowest BCUT2D eigenvalue weighted by molar-refractivity contribution is -0.0858. The maximum atomic E-state index is 6.20. The number of hydrogen-bond donors (Lipinski definition) is 1. The van der Waals surface area contributed by atoms with Crippen molar-refractivity contribution in [2.24, 2.45) is 5.73 Å². The summed E-state index contributed by atoms with van der Waals surface area (Å²) < 4.78 is 6.20. The first-order valence-electron chi connectivity index (χ1n) is 6.58. The van der Waals surface area contributed by atoms with E-state index in [1.54, 1.807) is 0 Å². The quantitative estimate of drug-likeness (QED) is 0.835. The fourth-order valence-electron chi connectivity index (χ4n) is 1.70. The third-order valence-corrected chi connectivity index (χ3v) is 3.61. The molecule has 0 aromatic heterocycles. The highest BCUT2D eigenvalue weighted by molar-refractivity contribution is 6.30. The van der Waals surface area contributed by atoms with Gasteiger partial charge in [-0.3, -0.25) is 0 Å². The third kappa shape index (κ3) is 4.27. The Labute approximate surface area is 115 Å². The number of halogens is 1. The topological polar surface area (TPSA) is 35.2 Å². The standard InChI is InChI=1S/C15H24ClNO/c1-5-13(17)14(18-15(3,4)6-2)11-7-9-12(16)10-8-11/h7-10,13-14H,5-6,17H2,1-4H3. The van der Waals surface area contributed by atoms with Crippen molar-refractivity contribution in [1.82, 2.24) is 0 Å². The van der Waals surface area contributed by atoms with Crippen LogP contribution < -0.4 is 5.73 Å². The van der Waals surface area contributed by atoms with E-state index in [0.717, 1.165) is 23.4 Å². The molecule has 2 unspecified atom stereocenters. The molecule has 2 nitrogen and oxygen atoms in total. The maximum absolute atomic E-state index is 6.20. The molecule has 1 rings (SSSR count). The Balaban J connectivity index is 2.95. The first-order valence-corrected chi connectivity index (χ1v) is 6.96. The molecule has 0 aliphatic rings. The second-order valence-electron chi connectivity index (χ2n) is 5.28. The fraction of sp³-hybridized carbons (Fsp3) is 0.600. The molecule has 0 radical (unpaired) electrons.